The summed E-state index contributed by atoms with van der Waals surface area (Å²) in [4.78, 5) is 29.6. The first-order valence-corrected chi connectivity index (χ1v) is 6.69. The Balaban J connectivity index is 2.30. The lowest BCUT2D eigenvalue weighted by Gasteiger charge is -2.41. The predicted molar refractivity (Wildman–Crippen MR) is 76.0 cm³/mol. The molecule has 3 N–H and O–H groups in total. The second-order valence-electron chi connectivity index (χ2n) is 5.48. The van der Waals surface area contributed by atoms with Crippen molar-refractivity contribution in [3.05, 3.63) is 24.0 Å². The summed E-state index contributed by atoms with van der Waals surface area (Å²) in [6.07, 6.45) is 2.47. The Morgan fingerprint density at radius 2 is 2.15 bits per heavy atom. The minimum Gasteiger partial charge on any atom is -0.347 e. The zero-order chi connectivity index (χ0) is 14.9. The number of carbonyl (C=O) groups excluding carboxylic acids is 2. The van der Waals surface area contributed by atoms with Crippen LogP contribution in [0.5, 0.6) is 0 Å². The van der Waals surface area contributed by atoms with Gasteiger partial charge in [-0.2, -0.15) is 0 Å². The van der Waals surface area contributed by atoms with Gasteiger partial charge in [-0.3, -0.25) is 19.9 Å². The Labute approximate surface area is 118 Å². The van der Waals surface area contributed by atoms with Crippen molar-refractivity contribution >= 4 is 17.5 Å². The highest BCUT2D eigenvalue weighted by molar-refractivity contribution is 6.06. The average Bonchev–Trinajstić information content (AvgIpc) is 2.42. The standard InChI is InChI=1S/C14H20N4O2/c1-4-10(15)11-6-5-9(7-16-11)18-8-12(19)17-13(20)14(18,2)3/h5-7,10H,4,8,15H2,1-3H3,(H,17,19,20). The van der Waals surface area contributed by atoms with Crippen molar-refractivity contribution in [2.45, 2.75) is 38.8 Å². The van der Waals surface area contributed by atoms with Gasteiger partial charge in [-0.15, -0.1) is 0 Å². The maximum atomic E-state index is 11.9. The molecule has 2 amide bonds. The minimum atomic E-state index is -0.788. The zero-order valence-corrected chi connectivity index (χ0v) is 12.0. The van der Waals surface area contributed by atoms with Gasteiger partial charge >= 0.3 is 0 Å². The van der Waals surface area contributed by atoms with Gasteiger partial charge in [0.25, 0.3) is 5.91 Å². The Kier molecular flexibility index (Phi) is 3.76. The number of nitrogens with one attached hydrogen (secondary N) is 1. The molecule has 1 fully saturated rings. The van der Waals surface area contributed by atoms with Crippen LogP contribution in [-0.4, -0.2) is 28.9 Å². The van der Waals surface area contributed by atoms with Crippen LogP contribution < -0.4 is 16.0 Å². The highest BCUT2D eigenvalue weighted by Crippen LogP contribution is 2.26. The molecule has 1 unspecified atom stereocenters. The van der Waals surface area contributed by atoms with Gasteiger partial charge in [-0.25, -0.2) is 0 Å². The molecular weight excluding hydrogens is 256 g/mol. The zero-order valence-electron chi connectivity index (χ0n) is 12.0. The summed E-state index contributed by atoms with van der Waals surface area (Å²) in [6.45, 7) is 5.69. The Morgan fingerprint density at radius 1 is 1.45 bits per heavy atom. The largest absolute Gasteiger partial charge is 0.347 e. The van der Waals surface area contributed by atoms with Crippen molar-refractivity contribution in [3.63, 3.8) is 0 Å². The fourth-order valence-corrected chi connectivity index (χ4v) is 2.18. The number of nitrogens with two attached hydrogens (primary N) is 1. The number of imide groups is 1. The number of amides is 2. The smallest absolute Gasteiger partial charge is 0.251 e. The Bertz CT molecular complexity index is 524. The van der Waals surface area contributed by atoms with E-state index in [2.05, 4.69) is 10.3 Å². The molecule has 0 aromatic carbocycles. The van der Waals surface area contributed by atoms with Crippen LogP contribution in [-0.2, 0) is 9.59 Å². The van der Waals surface area contributed by atoms with E-state index in [9.17, 15) is 9.59 Å². The van der Waals surface area contributed by atoms with E-state index in [4.69, 9.17) is 5.73 Å². The number of rotatable bonds is 3. The van der Waals surface area contributed by atoms with E-state index in [1.54, 1.807) is 24.9 Å². The molecule has 1 aliphatic rings. The molecule has 0 aliphatic carbocycles. The number of nitrogens with zero attached hydrogens (tertiary/aromatic N) is 2. The molecule has 0 bridgehead atoms. The predicted octanol–water partition coefficient (Wildman–Crippen LogP) is 0.733. The first-order valence-electron chi connectivity index (χ1n) is 6.69. The number of pyridine rings is 1. The summed E-state index contributed by atoms with van der Waals surface area (Å²) in [5.74, 6) is -0.605. The first-order chi connectivity index (χ1) is 9.36. The van der Waals surface area contributed by atoms with Crippen molar-refractivity contribution in [3.8, 4) is 0 Å². The molecule has 0 saturated carbocycles. The van der Waals surface area contributed by atoms with Gasteiger partial charge in [0.2, 0.25) is 5.91 Å². The number of hydrogen-bond donors (Lipinski definition) is 2. The summed E-state index contributed by atoms with van der Waals surface area (Å²) in [5.41, 5.74) is 6.69. The SMILES string of the molecule is CCC(N)c1ccc(N2CC(=O)NC(=O)C2(C)C)cn1. The van der Waals surface area contributed by atoms with Crippen LogP contribution in [0.2, 0.25) is 0 Å². The molecule has 2 rings (SSSR count). The summed E-state index contributed by atoms with van der Waals surface area (Å²) in [5, 5.41) is 2.35. The van der Waals surface area contributed by atoms with Gasteiger partial charge in [0.05, 0.1) is 24.1 Å². The molecule has 108 valence electrons. The van der Waals surface area contributed by atoms with E-state index in [0.717, 1.165) is 17.8 Å². The normalized spacial score (nSPS) is 19.7. The third-order valence-electron chi connectivity index (χ3n) is 3.69. The van der Waals surface area contributed by atoms with Crippen LogP contribution in [0.3, 0.4) is 0 Å². The van der Waals surface area contributed by atoms with Gasteiger partial charge in [-0.1, -0.05) is 6.92 Å². The topological polar surface area (TPSA) is 88.3 Å². The summed E-state index contributed by atoms with van der Waals surface area (Å²) < 4.78 is 0. The lowest BCUT2D eigenvalue weighted by atomic mass is 9.98. The van der Waals surface area contributed by atoms with Crippen molar-refractivity contribution < 1.29 is 9.59 Å². The molecule has 1 aliphatic heterocycles. The molecule has 2 heterocycles. The van der Waals surface area contributed by atoms with Crippen molar-refractivity contribution in [1.29, 1.82) is 0 Å². The Morgan fingerprint density at radius 3 is 2.70 bits per heavy atom. The number of carbonyl (C=O) groups is 2. The van der Waals surface area contributed by atoms with Crippen molar-refractivity contribution in [2.24, 2.45) is 5.73 Å². The summed E-state index contributed by atoms with van der Waals surface area (Å²) >= 11 is 0. The molecule has 1 aromatic rings. The van der Waals surface area contributed by atoms with Crippen LogP contribution in [0, 0.1) is 0 Å². The lowest BCUT2D eigenvalue weighted by molar-refractivity contribution is -0.135. The van der Waals surface area contributed by atoms with Gasteiger partial charge in [0.1, 0.15) is 5.54 Å². The second-order valence-corrected chi connectivity index (χ2v) is 5.48. The third-order valence-corrected chi connectivity index (χ3v) is 3.69. The van der Waals surface area contributed by atoms with Crippen LogP contribution in [0.25, 0.3) is 0 Å². The highest BCUT2D eigenvalue weighted by atomic mass is 16.2. The highest BCUT2D eigenvalue weighted by Gasteiger charge is 2.41. The minimum absolute atomic E-state index is 0.0941. The molecular formula is C14H20N4O2. The fraction of sp³-hybridized carbons (Fsp3) is 0.500. The number of anilines is 1. The van der Waals surface area contributed by atoms with Crippen LogP contribution in [0.15, 0.2) is 18.3 Å². The van der Waals surface area contributed by atoms with Gasteiger partial charge in [0, 0.05) is 6.04 Å². The van der Waals surface area contributed by atoms with Crippen LogP contribution in [0.1, 0.15) is 38.9 Å². The van der Waals surface area contributed by atoms with E-state index < -0.39 is 5.54 Å². The van der Waals surface area contributed by atoms with Crippen molar-refractivity contribution in [2.75, 3.05) is 11.4 Å². The monoisotopic (exact) mass is 276 g/mol. The molecule has 1 saturated heterocycles. The molecule has 6 heteroatoms. The average molecular weight is 276 g/mol. The molecule has 0 spiro atoms. The maximum absolute atomic E-state index is 11.9. The summed E-state index contributed by atoms with van der Waals surface area (Å²) in [6, 6.07) is 3.60. The van der Waals surface area contributed by atoms with E-state index in [1.807, 2.05) is 19.1 Å². The lowest BCUT2D eigenvalue weighted by Crippen LogP contribution is -2.64. The van der Waals surface area contributed by atoms with Gasteiger partial charge in [-0.05, 0) is 32.4 Å². The number of piperazine rings is 1. The fourth-order valence-electron chi connectivity index (χ4n) is 2.18. The molecule has 6 nitrogen and oxygen atoms in total. The quantitative estimate of drug-likeness (QED) is 0.795. The van der Waals surface area contributed by atoms with Crippen LogP contribution >= 0.6 is 0 Å². The number of aromatic nitrogens is 1. The molecule has 20 heavy (non-hydrogen) atoms. The van der Waals surface area contributed by atoms with E-state index >= 15 is 0 Å². The molecule has 0 radical (unpaired) electrons. The van der Waals surface area contributed by atoms with Gasteiger partial charge in [0.15, 0.2) is 0 Å². The van der Waals surface area contributed by atoms with Crippen LogP contribution in [0.4, 0.5) is 5.69 Å². The molecule has 1 atom stereocenters. The molecule has 1 aromatic heterocycles. The first kappa shape index (κ1) is 14.5. The van der Waals surface area contributed by atoms with E-state index in [0.29, 0.717) is 0 Å². The maximum Gasteiger partial charge on any atom is 0.251 e. The second kappa shape index (κ2) is 5.20. The van der Waals surface area contributed by atoms with Gasteiger partial charge < -0.3 is 10.6 Å². The van der Waals surface area contributed by atoms with E-state index in [-0.39, 0.29) is 24.4 Å². The van der Waals surface area contributed by atoms with E-state index in [1.165, 1.54) is 0 Å². The van der Waals surface area contributed by atoms with Crippen molar-refractivity contribution in [1.82, 2.24) is 10.3 Å². The summed E-state index contributed by atoms with van der Waals surface area (Å²) in [7, 11) is 0. The number of hydrogen-bond acceptors (Lipinski definition) is 5. The third kappa shape index (κ3) is 2.51. The Hall–Kier alpha value is -1.95.